The fraction of sp³-hybridized carbons (Fsp3) is 0.111. The zero-order chi connectivity index (χ0) is 11.3. The molecule has 0 spiro atoms. The van der Waals surface area contributed by atoms with E-state index >= 15 is 0 Å². The molecule has 0 atom stereocenters. The van der Waals surface area contributed by atoms with Gasteiger partial charge in [-0.3, -0.25) is 0 Å². The predicted octanol–water partition coefficient (Wildman–Crippen LogP) is 2.64. The summed E-state index contributed by atoms with van der Waals surface area (Å²) in [6.45, 7) is -0.0655. The summed E-state index contributed by atoms with van der Waals surface area (Å²) in [6, 6.07) is 6.17. The SMILES string of the molecule is N#CCNC(=O)Nc1cccc(Cl)c1Cl. The Morgan fingerprint density at radius 1 is 1.47 bits per heavy atom. The van der Waals surface area contributed by atoms with E-state index < -0.39 is 6.03 Å². The highest BCUT2D eigenvalue weighted by Crippen LogP contribution is 2.29. The molecule has 0 aliphatic carbocycles. The summed E-state index contributed by atoms with van der Waals surface area (Å²) in [4.78, 5) is 11.2. The van der Waals surface area contributed by atoms with Crippen LogP contribution in [0.4, 0.5) is 10.5 Å². The van der Waals surface area contributed by atoms with E-state index in [-0.39, 0.29) is 11.6 Å². The fourth-order valence-corrected chi connectivity index (χ4v) is 1.23. The number of rotatable bonds is 2. The number of nitrogens with zero attached hydrogens (tertiary/aromatic N) is 1. The molecule has 0 aliphatic rings. The van der Waals surface area contributed by atoms with Crippen molar-refractivity contribution in [1.29, 1.82) is 5.26 Å². The number of hydrogen-bond donors (Lipinski definition) is 2. The Balaban J connectivity index is 2.69. The number of nitriles is 1. The lowest BCUT2D eigenvalue weighted by Crippen LogP contribution is -2.28. The molecule has 0 radical (unpaired) electrons. The highest BCUT2D eigenvalue weighted by atomic mass is 35.5. The molecule has 78 valence electrons. The number of halogens is 2. The molecular weight excluding hydrogens is 237 g/mol. The van der Waals surface area contributed by atoms with Crippen LogP contribution in [0.2, 0.25) is 10.0 Å². The van der Waals surface area contributed by atoms with Crippen molar-refractivity contribution in [2.75, 3.05) is 11.9 Å². The first-order valence-electron chi connectivity index (χ1n) is 4.01. The minimum Gasteiger partial charge on any atom is -0.325 e. The lowest BCUT2D eigenvalue weighted by Gasteiger charge is -2.07. The highest BCUT2D eigenvalue weighted by molar-refractivity contribution is 6.43. The summed E-state index contributed by atoms with van der Waals surface area (Å²) < 4.78 is 0. The Kier molecular flexibility index (Phi) is 4.22. The summed E-state index contributed by atoms with van der Waals surface area (Å²) in [6.07, 6.45) is 0. The quantitative estimate of drug-likeness (QED) is 0.785. The molecule has 4 nitrogen and oxygen atoms in total. The lowest BCUT2D eigenvalue weighted by atomic mass is 10.3. The fourth-order valence-electron chi connectivity index (χ4n) is 0.887. The van der Waals surface area contributed by atoms with Gasteiger partial charge in [0.2, 0.25) is 0 Å². The van der Waals surface area contributed by atoms with Crippen molar-refractivity contribution >= 4 is 34.9 Å². The molecular formula is C9H7Cl2N3O. The van der Waals surface area contributed by atoms with Gasteiger partial charge in [0, 0.05) is 0 Å². The maximum absolute atomic E-state index is 11.2. The van der Waals surface area contributed by atoms with Crippen LogP contribution in [-0.2, 0) is 0 Å². The first kappa shape index (κ1) is 11.6. The number of nitrogens with one attached hydrogen (secondary N) is 2. The number of amides is 2. The topological polar surface area (TPSA) is 64.9 Å². The van der Waals surface area contributed by atoms with E-state index in [4.69, 9.17) is 28.5 Å². The summed E-state index contributed by atoms with van der Waals surface area (Å²) in [7, 11) is 0. The van der Waals surface area contributed by atoms with Crippen molar-refractivity contribution in [3.63, 3.8) is 0 Å². The largest absolute Gasteiger partial charge is 0.325 e. The van der Waals surface area contributed by atoms with Gasteiger partial charge in [-0.1, -0.05) is 29.3 Å². The van der Waals surface area contributed by atoms with E-state index in [0.29, 0.717) is 10.7 Å². The number of anilines is 1. The van der Waals surface area contributed by atoms with Crippen LogP contribution in [0.3, 0.4) is 0 Å². The third kappa shape index (κ3) is 3.31. The van der Waals surface area contributed by atoms with Crippen LogP contribution in [0.25, 0.3) is 0 Å². The smallest absolute Gasteiger partial charge is 0.320 e. The molecule has 1 rings (SSSR count). The second kappa shape index (κ2) is 5.44. The van der Waals surface area contributed by atoms with Crippen molar-refractivity contribution in [3.8, 4) is 6.07 Å². The summed E-state index contributed by atoms with van der Waals surface area (Å²) in [5.41, 5.74) is 0.402. The average Bonchev–Trinajstić information content (AvgIpc) is 2.22. The van der Waals surface area contributed by atoms with Crippen LogP contribution >= 0.6 is 23.2 Å². The van der Waals surface area contributed by atoms with E-state index in [0.717, 1.165) is 0 Å². The first-order chi connectivity index (χ1) is 7.15. The molecule has 1 aromatic carbocycles. The van der Waals surface area contributed by atoms with Crippen LogP contribution in [0, 0.1) is 11.3 Å². The van der Waals surface area contributed by atoms with Gasteiger partial charge < -0.3 is 10.6 Å². The Morgan fingerprint density at radius 2 is 2.20 bits per heavy atom. The molecule has 1 aromatic rings. The zero-order valence-corrected chi connectivity index (χ0v) is 9.06. The van der Waals surface area contributed by atoms with Gasteiger partial charge in [-0.2, -0.15) is 5.26 Å². The minimum atomic E-state index is -0.499. The van der Waals surface area contributed by atoms with Crippen LogP contribution in [0.1, 0.15) is 0 Å². The molecule has 0 saturated heterocycles. The van der Waals surface area contributed by atoms with Gasteiger partial charge in [-0.15, -0.1) is 0 Å². The lowest BCUT2D eigenvalue weighted by molar-refractivity contribution is 0.253. The Hall–Kier alpha value is -1.44. The second-order valence-corrected chi connectivity index (χ2v) is 3.35. The first-order valence-corrected chi connectivity index (χ1v) is 4.76. The van der Waals surface area contributed by atoms with Crippen molar-refractivity contribution in [3.05, 3.63) is 28.2 Å². The number of hydrogen-bond acceptors (Lipinski definition) is 2. The van der Waals surface area contributed by atoms with Gasteiger partial charge in [-0.05, 0) is 12.1 Å². The van der Waals surface area contributed by atoms with Crippen LogP contribution in [0.15, 0.2) is 18.2 Å². The van der Waals surface area contributed by atoms with Gasteiger partial charge in [0.15, 0.2) is 0 Å². The minimum absolute atomic E-state index is 0.0655. The molecule has 0 fully saturated rings. The maximum Gasteiger partial charge on any atom is 0.320 e. The molecule has 0 unspecified atom stereocenters. The molecule has 0 saturated carbocycles. The second-order valence-electron chi connectivity index (χ2n) is 2.57. The van der Waals surface area contributed by atoms with E-state index in [2.05, 4.69) is 10.6 Å². The van der Waals surface area contributed by atoms with E-state index in [1.165, 1.54) is 0 Å². The Morgan fingerprint density at radius 3 is 2.87 bits per heavy atom. The summed E-state index contributed by atoms with van der Waals surface area (Å²) in [5.74, 6) is 0. The summed E-state index contributed by atoms with van der Waals surface area (Å²) >= 11 is 11.6. The molecule has 2 amide bonds. The average molecular weight is 244 g/mol. The molecule has 2 N–H and O–H groups in total. The van der Waals surface area contributed by atoms with Gasteiger partial charge in [-0.25, -0.2) is 4.79 Å². The normalized spacial score (nSPS) is 9.13. The van der Waals surface area contributed by atoms with Crippen LogP contribution < -0.4 is 10.6 Å². The highest BCUT2D eigenvalue weighted by Gasteiger charge is 2.06. The molecule has 0 heterocycles. The van der Waals surface area contributed by atoms with Crippen molar-refractivity contribution < 1.29 is 4.79 Å². The van der Waals surface area contributed by atoms with E-state index in [1.807, 2.05) is 0 Å². The number of urea groups is 1. The molecule has 6 heteroatoms. The Labute approximate surface area is 96.8 Å². The number of benzene rings is 1. The standard InChI is InChI=1S/C9H7Cl2N3O/c10-6-2-1-3-7(8(6)11)14-9(15)13-5-4-12/h1-3H,5H2,(H2,13,14,15). The van der Waals surface area contributed by atoms with Gasteiger partial charge in [0.05, 0.1) is 21.8 Å². The molecule has 0 aromatic heterocycles. The van der Waals surface area contributed by atoms with Crippen molar-refractivity contribution in [2.45, 2.75) is 0 Å². The van der Waals surface area contributed by atoms with Crippen LogP contribution in [-0.4, -0.2) is 12.6 Å². The van der Waals surface area contributed by atoms with Crippen LogP contribution in [0.5, 0.6) is 0 Å². The number of carbonyl (C=O) groups is 1. The third-order valence-electron chi connectivity index (χ3n) is 1.53. The van der Waals surface area contributed by atoms with Gasteiger partial charge in [0.25, 0.3) is 0 Å². The molecule has 15 heavy (non-hydrogen) atoms. The predicted molar refractivity (Wildman–Crippen MR) is 59.1 cm³/mol. The monoisotopic (exact) mass is 243 g/mol. The molecule has 0 bridgehead atoms. The maximum atomic E-state index is 11.2. The Bertz CT molecular complexity index is 414. The van der Waals surface area contributed by atoms with Gasteiger partial charge >= 0.3 is 6.03 Å². The van der Waals surface area contributed by atoms with Crippen molar-refractivity contribution in [1.82, 2.24) is 5.32 Å². The molecule has 0 aliphatic heterocycles. The zero-order valence-electron chi connectivity index (χ0n) is 7.55. The summed E-state index contributed by atoms with van der Waals surface area (Å²) in [5, 5.41) is 13.6. The van der Waals surface area contributed by atoms with E-state index in [9.17, 15) is 4.79 Å². The van der Waals surface area contributed by atoms with Crippen molar-refractivity contribution in [2.24, 2.45) is 0 Å². The van der Waals surface area contributed by atoms with Gasteiger partial charge in [0.1, 0.15) is 6.54 Å². The third-order valence-corrected chi connectivity index (χ3v) is 2.35. The van der Waals surface area contributed by atoms with E-state index in [1.54, 1.807) is 24.3 Å². The number of carbonyl (C=O) groups excluding carboxylic acids is 1.